The highest BCUT2D eigenvalue weighted by Gasteiger charge is 2.15. The van der Waals surface area contributed by atoms with Crippen LogP contribution in [0.25, 0.3) is 0 Å². The Labute approximate surface area is 143 Å². The maximum atomic E-state index is 11.2. The van der Waals surface area contributed by atoms with Crippen molar-refractivity contribution in [3.63, 3.8) is 0 Å². The minimum Gasteiger partial charge on any atom is -0.619 e. The fourth-order valence-electron chi connectivity index (χ4n) is 1.41. The fraction of sp³-hybridized carbons (Fsp3) is 0.571. The maximum Gasteiger partial charge on any atom is 0.190 e. The number of rotatable bonds is 6. The van der Waals surface area contributed by atoms with E-state index >= 15 is 0 Å². The van der Waals surface area contributed by atoms with Gasteiger partial charge < -0.3 is 20.1 Å². The highest BCUT2D eigenvalue weighted by molar-refractivity contribution is 6.69. The predicted molar refractivity (Wildman–Crippen MR) is 80.0 cm³/mol. The SMILES string of the molecule is [2H]C1([2H])N(C[C@@H](O)CO/N=C(\Cl)c2ccc[n+]([O-])c2)C([2H])([2H])C([2H])([2H])C([2H])([2H])C1([2H])[2H]. The summed E-state index contributed by atoms with van der Waals surface area (Å²) in [6.07, 6.45) is -9.86. The molecule has 1 atom stereocenters. The molecule has 0 amide bonds. The quantitative estimate of drug-likeness (QED) is 0.368. The Morgan fingerprint density at radius 3 is 3.05 bits per heavy atom. The van der Waals surface area contributed by atoms with Gasteiger partial charge in [-0.05, 0) is 31.8 Å². The topological polar surface area (TPSA) is 72.0 Å². The predicted octanol–water partition coefficient (Wildman–Crippen LogP) is 1.08. The maximum absolute atomic E-state index is 11.2. The molecule has 21 heavy (non-hydrogen) atoms. The summed E-state index contributed by atoms with van der Waals surface area (Å²) in [5.41, 5.74) is 0.195. The van der Waals surface area contributed by atoms with Gasteiger partial charge in [0, 0.05) is 26.3 Å². The molecule has 2 rings (SSSR count). The summed E-state index contributed by atoms with van der Waals surface area (Å²) in [7, 11) is 0. The highest BCUT2D eigenvalue weighted by atomic mass is 35.5. The van der Waals surface area contributed by atoms with Crippen LogP contribution in [-0.4, -0.2) is 47.4 Å². The number of aromatic nitrogens is 1. The van der Waals surface area contributed by atoms with Gasteiger partial charge in [-0.15, -0.1) is 0 Å². The Hall–Kier alpha value is -1.37. The van der Waals surface area contributed by atoms with E-state index < -0.39 is 51.4 Å². The van der Waals surface area contributed by atoms with Crippen LogP contribution in [-0.2, 0) is 4.84 Å². The summed E-state index contributed by atoms with van der Waals surface area (Å²) in [6.45, 7) is -8.28. The zero-order valence-corrected chi connectivity index (χ0v) is 11.5. The molecule has 0 aliphatic carbocycles. The van der Waals surface area contributed by atoms with Crippen molar-refractivity contribution in [3.8, 4) is 0 Å². The number of hydrogen-bond donors (Lipinski definition) is 1. The van der Waals surface area contributed by atoms with Crippen LogP contribution in [0.1, 0.15) is 38.4 Å². The van der Waals surface area contributed by atoms with Gasteiger partial charge in [-0.1, -0.05) is 23.1 Å². The first-order valence-corrected chi connectivity index (χ1v) is 6.29. The first-order valence-electron chi connectivity index (χ1n) is 10.9. The van der Waals surface area contributed by atoms with Crippen molar-refractivity contribution in [1.82, 2.24) is 4.90 Å². The molecule has 6 nitrogen and oxygen atoms in total. The van der Waals surface area contributed by atoms with Crippen molar-refractivity contribution in [2.45, 2.75) is 25.2 Å². The number of pyridine rings is 1. The lowest BCUT2D eigenvalue weighted by Gasteiger charge is -2.27. The smallest absolute Gasteiger partial charge is 0.190 e. The molecule has 7 heteroatoms. The van der Waals surface area contributed by atoms with Crippen molar-refractivity contribution in [2.24, 2.45) is 5.16 Å². The van der Waals surface area contributed by atoms with Crippen molar-refractivity contribution < 1.29 is 28.4 Å². The van der Waals surface area contributed by atoms with Crippen molar-refractivity contribution in [3.05, 3.63) is 35.3 Å². The van der Waals surface area contributed by atoms with Crippen LogP contribution in [0.3, 0.4) is 0 Å². The highest BCUT2D eigenvalue weighted by Crippen LogP contribution is 2.09. The summed E-state index contributed by atoms with van der Waals surface area (Å²) < 4.78 is 79.2. The largest absolute Gasteiger partial charge is 0.619 e. The van der Waals surface area contributed by atoms with Gasteiger partial charge in [-0.2, -0.15) is 4.73 Å². The van der Waals surface area contributed by atoms with Crippen LogP contribution >= 0.6 is 11.6 Å². The molecule has 2 heterocycles. The third kappa shape index (κ3) is 5.49. The molecule has 1 saturated heterocycles. The molecule has 1 fully saturated rings. The van der Waals surface area contributed by atoms with Crippen LogP contribution in [0.2, 0.25) is 0 Å². The van der Waals surface area contributed by atoms with Gasteiger partial charge in [0.1, 0.15) is 12.7 Å². The summed E-state index contributed by atoms with van der Waals surface area (Å²) in [4.78, 5) is 4.93. The number of halogens is 1. The van der Waals surface area contributed by atoms with Gasteiger partial charge in [0.05, 0.1) is 5.56 Å². The first kappa shape index (κ1) is 7.26. The van der Waals surface area contributed by atoms with Gasteiger partial charge in [-0.3, -0.25) is 0 Å². The van der Waals surface area contributed by atoms with Gasteiger partial charge in [-0.25, -0.2) is 0 Å². The Kier molecular flexibility index (Phi) is 2.82. The van der Waals surface area contributed by atoms with Crippen molar-refractivity contribution in [2.75, 3.05) is 26.1 Å². The minimum absolute atomic E-state index is 0.0955. The standard InChI is InChI=1S/C14H20ClN3O3/c15-14(12-5-4-8-18(20)9-12)16-21-11-13(19)10-17-6-2-1-3-7-17/h4-5,8-9,13,19H,1-3,6-7,10-11H2/b16-14-/t13-/m1/s1/i1D2,2D2,3D2,6D2,7D2. The van der Waals surface area contributed by atoms with E-state index in [-0.39, 0.29) is 15.6 Å². The van der Waals surface area contributed by atoms with Crippen LogP contribution in [0, 0.1) is 5.21 Å². The Balaban J connectivity index is 2.19. The van der Waals surface area contributed by atoms with Crippen LogP contribution in [0.5, 0.6) is 0 Å². The molecule has 0 spiro atoms. The average molecular weight is 324 g/mol. The number of β-amino-alcohol motifs (C(OH)–C–C–N with tert-alkyl or cyclic N) is 1. The molecule has 0 unspecified atom stereocenters. The molecule has 0 aromatic carbocycles. The lowest BCUT2D eigenvalue weighted by molar-refractivity contribution is -0.605. The molecule has 1 aromatic heterocycles. The second-order valence-corrected chi connectivity index (χ2v) is 4.35. The summed E-state index contributed by atoms with van der Waals surface area (Å²) in [5, 5.41) is 24.6. The second kappa shape index (κ2) is 8.17. The van der Waals surface area contributed by atoms with Crippen molar-refractivity contribution >= 4 is 16.8 Å². The van der Waals surface area contributed by atoms with E-state index in [1.54, 1.807) is 0 Å². The van der Waals surface area contributed by atoms with Gasteiger partial charge in [0.2, 0.25) is 0 Å². The lowest BCUT2D eigenvalue weighted by Crippen LogP contribution is -2.38. The number of piperidine rings is 1. The third-order valence-electron chi connectivity index (χ3n) is 2.32. The van der Waals surface area contributed by atoms with Gasteiger partial charge in [0.15, 0.2) is 17.6 Å². The van der Waals surface area contributed by atoms with Crippen LogP contribution < -0.4 is 4.73 Å². The lowest BCUT2D eigenvalue weighted by atomic mass is 10.1. The number of aliphatic hydroxyl groups excluding tert-OH is 1. The minimum atomic E-state index is -3.53. The molecule has 1 aliphatic rings. The molecule has 1 N–H and O–H groups in total. The molecule has 1 aromatic rings. The average Bonchev–Trinajstić information content (AvgIpc) is 2.64. The normalized spacial score (nSPS) is 37.5. The number of oxime groups is 1. The number of aliphatic hydroxyl groups is 1. The van der Waals surface area contributed by atoms with Crippen LogP contribution in [0.4, 0.5) is 0 Å². The number of nitrogens with zero attached hydrogens (tertiary/aromatic N) is 3. The Morgan fingerprint density at radius 2 is 2.33 bits per heavy atom. The van der Waals surface area contributed by atoms with Crippen molar-refractivity contribution in [1.29, 1.82) is 0 Å². The monoisotopic (exact) mass is 323 g/mol. The van der Waals surface area contributed by atoms with E-state index in [1.807, 2.05) is 0 Å². The number of likely N-dealkylation sites (tertiary alicyclic amines) is 1. The summed E-state index contributed by atoms with van der Waals surface area (Å²) >= 11 is 5.87. The van der Waals surface area contributed by atoms with E-state index in [9.17, 15) is 10.3 Å². The first-order chi connectivity index (χ1) is 13.9. The van der Waals surface area contributed by atoms with E-state index in [1.165, 1.54) is 18.3 Å². The van der Waals surface area contributed by atoms with Gasteiger partial charge in [0.25, 0.3) is 0 Å². The molecular formula is C14H20ClN3O3. The Bertz CT molecular complexity index is 825. The Morgan fingerprint density at radius 1 is 1.57 bits per heavy atom. The molecule has 1 aliphatic heterocycles. The number of hydrogen-bond acceptors (Lipinski definition) is 5. The molecule has 116 valence electrons. The van der Waals surface area contributed by atoms with Gasteiger partial charge >= 0.3 is 0 Å². The third-order valence-corrected chi connectivity index (χ3v) is 2.61. The van der Waals surface area contributed by atoms with Crippen LogP contribution in [0.15, 0.2) is 29.7 Å². The summed E-state index contributed by atoms with van der Waals surface area (Å²) in [5.74, 6) is 0. The molecule has 0 bridgehead atoms. The molecule has 0 saturated carbocycles. The second-order valence-electron chi connectivity index (χ2n) is 3.99. The van der Waals surface area contributed by atoms with E-state index in [0.717, 1.165) is 6.20 Å². The molecular weight excluding hydrogens is 294 g/mol. The fourth-order valence-corrected chi connectivity index (χ4v) is 1.57. The van der Waals surface area contributed by atoms with E-state index in [2.05, 4.69) is 5.16 Å². The summed E-state index contributed by atoms with van der Waals surface area (Å²) in [6, 6.07) is 2.85. The zero-order chi connectivity index (χ0) is 24.0. The zero-order valence-electron chi connectivity index (χ0n) is 20.8. The molecule has 0 radical (unpaired) electrons. The van der Waals surface area contributed by atoms with E-state index in [0.29, 0.717) is 4.73 Å². The van der Waals surface area contributed by atoms with E-state index in [4.69, 9.17) is 30.1 Å².